The average molecular weight is 455 g/mol. The van der Waals surface area contributed by atoms with Gasteiger partial charge in [-0.05, 0) is 86.4 Å². The summed E-state index contributed by atoms with van der Waals surface area (Å²) < 4.78 is 14.7. The maximum Gasteiger partial charge on any atom is 0.137 e. The van der Waals surface area contributed by atoms with E-state index in [1.54, 1.807) is 12.1 Å². The van der Waals surface area contributed by atoms with Crippen LogP contribution in [-0.4, -0.2) is 0 Å². The van der Waals surface area contributed by atoms with E-state index < -0.39 is 0 Å². The Labute approximate surface area is 138 Å². The highest BCUT2D eigenvalue weighted by molar-refractivity contribution is 14.1. The first-order valence-electron chi connectivity index (χ1n) is 5.62. The van der Waals surface area contributed by atoms with Gasteiger partial charge < -0.3 is 5.73 Å². The third kappa shape index (κ3) is 3.90. The minimum Gasteiger partial charge on any atom is -0.324 e. The van der Waals surface area contributed by atoms with E-state index in [2.05, 4.69) is 38.5 Å². The van der Waals surface area contributed by atoms with Gasteiger partial charge in [0.05, 0.1) is 4.47 Å². The van der Waals surface area contributed by atoms with E-state index in [1.165, 1.54) is 6.07 Å². The lowest BCUT2D eigenvalue weighted by Crippen LogP contribution is -2.14. The molecule has 2 N–H and O–H groups in total. The minimum absolute atomic E-state index is 0.164. The molecule has 2 aromatic rings. The van der Waals surface area contributed by atoms with Gasteiger partial charge in [-0.3, -0.25) is 0 Å². The lowest BCUT2D eigenvalue weighted by Gasteiger charge is -2.15. The zero-order valence-corrected chi connectivity index (χ0v) is 14.3. The second kappa shape index (κ2) is 6.52. The SMILES string of the molecule is NC(Cc1ccc(F)c(Br)c1)c1cc(Cl)ccc1I. The maximum atomic E-state index is 13.2. The van der Waals surface area contributed by atoms with Crippen LogP contribution in [0.5, 0.6) is 0 Å². The third-order valence-corrected chi connectivity index (χ3v) is 4.62. The molecule has 1 atom stereocenters. The predicted molar refractivity (Wildman–Crippen MR) is 88.9 cm³/mol. The Bertz CT molecular complexity index is 606. The Morgan fingerprint density at radius 3 is 2.68 bits per heavy atom. The van der Waals surface area contributed by atoms with E-state index in [9.17, 15) is 4.39 Å². The van der Waals surface area contributed by atoms with Crippen LogP contribution in [0.1, 0.15) is 17.2 Å². The van der Waals surface area contributed by atoms with Gasteiger partial charge in [0, 0.05) is 14.6 Å². The van der Waals surface area contributed by atoms with Crippen LogP contribution < -0.4 is 5.73 Å². The molecule has 0 aromatic heterocycles. The molecule has 2 rings (SSSR count). The van der Waals surface area contributed by atoms with Crippen molar-refractivity contribution in [1.29, 1.82) is 0 Å². The zero-order valence-electron chi connectivity index (χ0n) is 9.84. The van der Waals surface area contributed by atoms with E-state index in [4.69, 9.17) is 17.3 Å². The summed E-state index contributed by atoms with van der Waals surface area (Å²) in [6.45, 7) is 0. The van der Waals surface area contributed by atoms with Crippen LogP contribution in [0.2, 0.25) is 5.02 Å². The van der Waals surface area contributed by atoms with E-state index in [0.717, 1.165) is 14.7 Å². The summed E-state index contributed by atoms with van der Waals surface area (Å²) in [7, 11) is 0. The van der Waals surface area contributed by atoms with Crippen LogP contribution in [-0.2, 0) is 6.42 Å². The number of rotatable bonds is 3. The molecule has 100 valence electrons. The highest BCUT2D eigenvalue weighted by Crippen LogP contribution is 2.26. The van der Waals surface area contributed by atoms with Gasteiger partial charge in [-0.15, -0.1) is 0 Å². The largest absolute Gasteiger partial charge is 0.324 e. The fraction of sp³-hybridized carbons (Fsp3) is 0.143. The summed E-state index contributed by atoms with van der Waals surface area (Å²) in [5.41, 5.74) is 8.20. The van der Waals surface area contributed by atoms with Crippen molar-refractivity contribution in [3.8, 4) is 0 Å². The standard InChI is InChI=1S/C14H11BrClFIN/c15-11-5-8(1-3-12(11)17)6-14(19)10-7-9(16)2-4-13(10)18/h1-5,7,14H,6,19H2. The maximum absolute atomic E-state index is 13.2. The first kappa shape index (κ1) is 15.2. The van der Waals surface area contributed by atoms with Crippen LogP contribution in [0.4, 0.5) is 4.39 Å². The molecule has 0 radical (unpaired) electrons. The molecule has 0 saturated heterocycles. The van der Waals surface area contributed by atoms with Gasteiger partial charge >= 0.3 is 0 Å². The number of hydrogen-bond acceptors (Lipinski definition) is 1. The Hall–Kier alpha value is -0.170. The fourth-order valence-electron chi connectivity index (χ4n) is 1.83. The first-order valence-corrected chi connectivity index (χ1v) is 7.87. The molecule has 0 bridgehead atoms. The number of benzene rings is 2. The molecule has 0 aliphatic carbocycles. The van der Waals surface area contributed by atoms with Gasteiger partial charge in [0.2, 0.25) is 0 Å². The predicted octanol–water partition coefficient (Wildman–Crippen LogP) is 5.09. The molecule has 1 unspecified atom stereocenters. The van der Waals surface area contributed by atoms with Gasteiger partial charge in [0.1, 0.15) is 5.82 Å². The van der Waals surface area contributed by atoms with Gasteiger partial charge in [-0.1, -0.05) is 17.7 Å². The summed E-state index contributed by atoms with van der Waals surface area (Å²) in [5, 5.41) is 0.672. The smallest absolute Gasteiger partial charge is 0.137 e. The monoisotopic (exact) mass is 453 g/mol. The molecule has 2 aromatic carbocycles. The summed E-state index contributed by atoms with van der Waals surface area (Å²) in [6, 6.07) is 10.4. The van der Waals surface area contributed by atoms with Crippen molar-refractivity contribution in [2.24, 2.45) is 5.73 Å². The van der Waals surface area contributed by atoms with Crippen LogP contribution >= 0.6 is 50.1 Å². The van der Waals surface area contributed by atoms with Gasteiger partial charge in [-0.2, -0.15) is 0 Å². The highest BCUT2D eigenvalue weighted by atomic mass is 127. The number of halogens is 4. The molecule has 0 spiro atoms. The second-order valence-electron chi connectivity index (χ2n) is 4.22. The molecule has 19 heavy (non-hydrogen) atoms. The number of nitrogens with two attached hydrogens (primary N) is 1. The van der Waals surface area contributed by atoms with Crippen LogP contribution in [0.15, 0.2) is 40.9 Å². The third-order valence-electron chi connectivity index (χ3n) is 2.80. The number of hydrogen-bond donors (Lipinski definition) is 1. The topological polar surface area (TPSA) is 26.0 Å². The van der Waals surface area contributed by atoms with Gasteiger partial charge in [-0.25, -0.2) is 4.39 Å². The van der Waals surface area contributed by atoms with Gasteiger partial charge in [0.15, 0.2) is 0 Å². The Kier molecular flexibility index (Phi) is 5.22. The van der Waals surface area contributed by atoms with Crippen molar-refractivity contribution < 1.29 is 4.39 Å². The first-order chi connectivity index (χ1) is 8.97. The van der Waals surface area contributed by atoms with Crippen LogP contribution in [0.3, 0.4) is 0 Å². The van der Waals surface area contributed by atoms with Crippen molar-refractivity contribution in [2.75, 3.05) is 0 Å². The molecule has 0 fully saturated rings. The molecule has 0 aliphatic heterocycles. The molecular weight excluding hydrogens is 443 g/mol. The Morgan fingerprint density at radius 1 is 1.26 bits per heavy atom. The lowest BCUT2D eigenvalue weighted by molar-refractivity contribution is 0.618. The van der Waals surface area contributed by atoms with E-state index in [1.807, 2.05) is 18.2 Å². The summed E-state index contributed by atoms with van der Waals surface area (Å²) >= 11 is 11.4. The van der Waals surface area contributed by atoms with Crippen molar-refractivity contribution >= 4 is 50.1 Å². The molecule has 1 nitrogen and oxygen atoms in total. The van der Waals surface area contributed by atoms with E-state index in [-0.39, 0.29) is 11.9 Å². The van der Waals surface area contributed by atoms with E-state index in [0.29, 0.717) is 15.9 Å². The summed E-state index contributed by atoms with van der Waals surface area (Å²) in [6.07, 6.45) is 0.634. The molecule has 0 heterocycles. The normalized spacial score (nSPS) is 12.5. The lowest BCUT2D eigenvalue weighted by atomic mass is 10.00. The molecule has 5 heteroatoms. The average Bonchev–Trinajstić information content (AvgIpc) is 2.36. The Balaban J connectivity index is 2.22. The summed E-state index contributed by atoms with van der Waals surface area (Å²) in [4.78, 5) is 0. The molecule has 0 aliphatic rings. The van der Waals surface area contributed by atoms with Crippen molar-refractivity contribution in [2.45, 2.75) is 12.5 Å². The second-order valence-corrected chi connectivity index (χ2v) is 6.68. The molecule has 0 amide bonds. The van der Waals surface area contributed by atoms with Gasteiger partial charge in [0.25, 0.3) is 0 Å². The van der Waals surface area contributed by atoms with Crippen molar-refractivity contribution in [3.05, 3.63) is 66.4 Å². The van der Waals surface area contributed by atoms with E-state index >= 15 is 0 Å². The molecule has 0 saturated carbocycles. The van der Waals surface area contributed by atoms with Crippen LogP contribution in [0.25, 0.3) is 0 Å². The van der Waals surface area contributed by atoms with Crippen molar-refractivity contribution in [3.63, 3.8) is 0 Å². The highest BCUT2D eigenvalue weighted by Gasteiger charge is 2.12. The minimum atomic E-state index is -0.269. The molecular formula is C14H11BrClFIN. The zero-order chi connectivity index (χ0) is 14.0. The van der Waals surface area contributed by atoms with Crippen LogP contribution in [0, 0.1) is 9.39 Å². The Morgan fingerprint density at radius 2 is 2.00 bits per heavy atom. The summed E-state index contributed by atoms with van der Waals surface area (Å²) in [5.74, 6) is -0.269. The quantitative estimate of drug-likeness (QED) is 0.643. The fourth-order valence-corrected chi connectivity index (χ4v) is 3.17. The van der Waals surface area contributed by atoms with Crippen molar-refractivity contribution in [1.82, 2.24) is 0 Å².